The number of allylic oxidation sites excluding steroid dienone is 3. The second kappa shape index (κ2) is 8.89. The topological polar surface area (TPSA) is 17.1 Å². The lowest BCUT2D eigenvalue weighted by Crippen LogP contribution is -1.97. The molecule has 0 radical (unpaired) electrons. The van der Waals surface area contributed by atoms with Gasteiger partial charge in [-0.15, -0.1) is 0 Å². The molecular formula is C22H24O. The smallest absolute Gasteiger partial charge is 0.132 e. The number of carbonyl (C=O) groups excluding carboxylic acids is 1. The molecule has 0 spiro atoms. The minimum absolute atomic E-state index is 0.318. The van der Waals surface area contributed by atoms with Gasteiger partial charge in [-0.2, -0.15) is 0 Å². The van der Waals surface area contributed by atoms with E-state index in [2.05, 4.69) is 43.3 Å². The van der Waals surface area contributed by atoms with Crippen molar-refractivity contribution in [2.45, 2.75) is 33.1 Å². The molecule has 1 heteroatoms. The minimum atomic E-state index is 0.318. The molecule has 2 rings (SSSR count). The fraction of sp³-hybridized carbons (Fsp3) is 0.227. The molecule has 0 unspecified atom stereocenters. The maximum atomic E-state index is 11.7. The quantitative estimate of drug-likeness (QED) is 0.579. The first-order chi connectivity index (χ1) is 11.2. The van der Waals surface area contributed by atoms with Crippen molar-refractivity contribution in [3.8, 4) is 0 Å². The Labute approximate surface area is 139 Å². The molecule has 0 atom stereocenters. The van der Waals surface area contributed by atoms with Crippen LogP contribution in [-0.2, 0) is 4.79 Å². The van der Waals surface area contributed by atoms with E-state index in [1.165, 1.54) is 22.3 Å². The Hall–Kier alpha value is -2.41. The molecule has 0 aliphatic carbocycles. The molecule has 118 valence electrons. The lowest BCUT2D eigenvalue weighted by atomic mass is 9.94. The Balaban J connectivity index is 2.27. The molecule has 1 nitrogen and oxygen atoms in total. The Morgan fingerprint density at radius 3 is 2.13 bits per heavy atom. The van der Waals surface area contributed by atoms with E-state index in [0.717, 1.165) is 6.42 Å². The number of ketones is 1. The Bertz CT molecular complexity index is 678. The number of rotatable bonds is 7. The van der Waals surface area contributed by atoms with Crippen molar-refractivity contribution in [3.05, 3.63) is 83.4 Å². The summed E-state index contributed by atoms with van der Waals surface area (Å²) in [7, 11) is 0. The second-order valence-electron chi connectivity index (χ2n) is 5.66. The van der Waals surface area contributed by atoms with E-state index in [1.54, 1.807) is 0 Å². The summed E-state index contributed by atoms with van der Waals surface area (Å²) in [6, 6.07) is 20.6. The van der Waals surface area contributed by atoms with Crippen molar-refractivity contribution in [1.82, 2.24) is 0 Å². The molecule has 0 heterocycles. The van der Waals surface area contributed by atoms with Crippen LogP contribution in [0.5, 0.6) is 0 Å². The van der Waals surface area contributed by atoms with Gasteiger partial charge in [0.15, 0.2) is 0 Å². The maximum Gasteiger partial charge on any atom is 0.132 e. The molecule has 0 saturated heterocycles. The van der Waals surface area contributed by atoms with Crippen LogP contribution >= 0.6 is 0 Å². The van der Waals surface area contributed by atoms with Gasteiger partial charge in [-0.1, -0.05) is 79.7 Å². The van der Waals surface area contributed by atoms with Crippen LogP contribution in [-0.4, -0.2) is 5.78 Å². The zero-order chi connectivity index (χ0) is 16.5. The first-order valence-corrected chi connectivity index (χ1v) is 8.20. The van der Waals surface area contributed by atoms with Crippen LogP contribution in [0.25, 0.3) is 11.6 Å². The standard InChI is InChI=1S/C22H24O/c1-3-21(23)16-17-22(20-12-8-5-9-13-20)18(2)14-15-19-10-6-4-7-11-19/h4-15H,3,16-17H2,1-2H3/b15-14+,22-18+. The van der Waals surface area contributed by atoms with E-state index in [-0.39, 0.29) is 0 Å². The van der Waals surface area contributed by atoms with Crippen molar-refractivity contribution in [3.63, 3.8) is 0 Å². The summed E-state index contributed by atoms with van der Waals surface area (Å²) in [5, 5.41) is 0. The predicted octanol–water partition coefficient (Wildman–Crippen LogP) is 5.93. The van der Waals surface area contributed by atoms with E-state index < -0.39 is 0 Å². The lowest BCUT2D eigenvalue weighted by Gasteiger charge is -2.10. The summed E-state index contributed by atoms with van der Waals surface area (Å²) < 4.78 is 0. The van der Waals surface area contributed by atoms with Crippen molar-refractivity contribution in [2.24, 2.45) is 0 Å². The van der Waals surface area contributed by atoms with Crippen LogP contribution in [0.15, 0.2) is 72.3 Å². The summed E-state index contributed by atoms with van der Waals surface area (Å²) in [6.45, 7) is 4.05. The molecule has 2 aromatic rings. The first kappa shape index (κ1) is 17.0. The van der Waals surface area contributed by atoms with Crippen molar-refractivity contribution < 1.29 is 4.79 Å². The SMILES string of the molecule is CCC(=O)CC/C(=C(C)\C=C\c1ccccc1)c1ccccc1. The second-order valence-corrected chi connectivity index (χ2v) is 5.66. The van der Waals surface area contributed by atoms with Crippen LogP contribution < -0.4 is 0 Å². The summed E-state index contributed by atoms with van der Waals surface area (Å²) in [4.78, 5) is 11.7. The van der Waals surface area contributed by atoms with Crippen molar-refractivity contribution in [1.29, 1.82) is 0 Å². The number of carbonyl (C=O) groups is 1. The molecule has 0 bridgehead atoms. The van der Waals surface area contributed by atoms with E-state index >= 15 is 0 Å². The molecule has 23 heavy (non-hydrogen) atoms. The summed E-state index contributed by atoms with van der Waals surface area (Å²) in [5.74, 6) is 0.318. The third-order valence-electron chi connectivity index (χ3n) is 3.97. The number of hydrogen-bond acceptors (Lipinski definition) is 1. The third kappa shape index (κ3) is 5.37. The average Bonchev–Trinajstić information content (AvgIpc) is 2.61. The van der Waals surface area contributed by atoms with Crippen molar-refractivity contribution in [2.75, 3.05) is 0 Å². The molecule has 2 aromatic carbocycles. The summed E-state index contributed by atoms with van der Waals surface area (Å²) in [6.07, 6.45) is 6.29. The van der Waals surface area contributed by atoms with Gasteiger partial charge in [0.1, 0.15) is 5.78 Å². The molecule has 0 saturated carbocycles. The highest BCUT2D eigenvalue weighted by Crippen LogP contribution is 2.25. The highest BCUT2D eigenvalue weighted by atomic mass is 16.1. The van der Waals surface area contributed by atoms with E-state index in [0.29, 0.717) is 18.6 Å². The molecule has 0 fully saturated rings. The van der Waals surface area contributed by atoms with E-state index in [9.17, 15) is 4.79 Å². The average molecular weight is 304 g/mol. The Morgan fingerprint density at radius 2 is 1.52 bits per heavy atom. The Kier molecular flexibility index (Phi) is 6.56. The first-order valence-electron chi connectivity index (χ1n) is 8.20. The summed E-state index contributed by atoms with van der Waals surface area (Å²) >= 11 is 0. The maximum absolute atomic E-state index is 11.7. The van der Waals surface area contributed by atoms with Crippen LogP contribution in [0.4, 0.5) is 0 Å². The fourth-order valence-electron chi connectivity index (χ4n) is 2.54. The molecule has 0 amide bonds. The molecule has 0 aromatic heterocycles. The van der Waals surface area contributed by atoms with Crippen LogP contribution in [0.1, 0.15) is 44.2 Å². The van der Waals surface area contributed by atoms with Gasteiger partial charge in [0.25, 0.3) is 0 Å². The normalized spacial score (nSPS) is 12.3. The Morgan fingerprint density at radius 1 is 0.913 bits per heavy atom. The number of Topliss-reactive ketones (excluding diaryl/α,β-unsaturated/α-hetero) is 1. The molecule has 0 N–H and O–H groups in total. The zero-order valence-corrected chi connectivity index (χ0v) is 14.0. The van der Waals surface area contributed by atoms with Gasteiger partial charge in [-0.3, -0.25) is 4.79 Å². The fourth-order valence-corrected chi connectivity index (χ4v) is 2.54. The van der Waals surface area contributed by atoms with Gasteiger partial charge >= 0.3 is 0 Å². The highest BCUT2D eigenvalue weighted by molar-refractivity contribution is 5.81. The van der Waals surface area contributed by atoms with Gasteiger partial charge in [0.05, 0.1) is 0 Å². The molecule has 0 aliphatic rings. The predicted molar refractivity (Wildman–Crippen MR) is 99.0 cm³/mol. The highest BCUT2D eigenvalue weighted by Gasteiger charge is 2.07. The van der Waals surface area contributed by atoms with Gasteiger partial charge in [0, 0.05) is 12.8 Å². The van der Waals surface area contributed by atoms with Gasteiger partial charge < -0.3 is 0 Å². The van der Waals surface area contributed by atoms with Crippen LogP contribution in [0.2, 0.25) is 0 Å². The van der Waals surface area contributed by atoms with Crippen LogP contribution in [0.3, 0.4) is 0 Å². The van der Waals surface area contributed by atoms with Crippen molar-refractivity contribution >= 4 is 17.4 Å². The monoisotopic (exact) mass is 304 g/mol. The number of hydrogen-bond donors (Lipinski definition) is 0. The summed E-state index contributed by atoms with van der Waals surface area (Å²) in [5.41, 5.74) is 4.85. The number of benzene rings is 2. The van der Waals surface area contributed by atoms with E-state index in [1.807, 2.05) is 43.3 Å². The lowest BCUT2D eigenvalue weighted by molar-refractivity contribution is -0.118. The molecule has 0 aliphatic heterocycles. The van der Waals surface area contributed by atoms with Crippen LogP contribution in [0, 0.1) is 0 Å². The minimum Gasteiger partial charge on any atom is -0.300 e. The third-order valence-corrected chi connectivity index (χ3v) is 3.97. The van der Waals surface area contributed by atoms with Gasteiger partial charge in [-0.05, 0) is 35.6 Å². The van der Waals surface area contributed by atoms with Gasteiger partial charge in [-0.25, -0.2) is 0 Å². The van der Waals surface area contributed by atoms with Gasteiger partial charge in [0.2, 0.25) is 0 Å². The molecular weight excluding hydrogens is 280 g/mol. The van der Waals surface area contributed by atoms with E-state index in [4.69, 9.17) is 0 Å². The zero-order valence-electron chi connectivity index (χ0n) is 14.0. The largest absolute Gasteiger partial charge is 0.300 e.